The third-order valence-electron chi connectivity index (χ3n) is 2.57. The van der Waals surface area contributed by atoms with Gasteiger partial charge in [0.2, 0.25) is 4.96 Å². The summed E-state index contributed by atoms with van der Waals surface area (Å²) in [6.07, 6.45) is 0.0237. The Hall–Kier alpha value is -1.73. The number of thiophene rings is 1. The number of thiazole rings is 1. The zero-order valence-electron chi connectivity index (χ0n) is 9.45. The van der Waals surface area contributed by atoms with Crippen LogP contribution in [0, 0.1) is 6.92 Å². The molecule has 3 aromatic heterocycles. The fourth-order valence-electron chi connectivity index (χ4n) is 1.70. The summed E-state index contributed by atoms with van der Waals surface area (Å²) in [5, 5.41) is 15.2. The van der Waals surface area contributed by atoms with Crippen LogP contribution in [0.4, 0.5) is 0 Å². The van der Waals surface area contributed by atoms with Crippen molar-refractivity contribution in [3.8, 4) is 10.7 Å². The summed E-state index contributed by atoms with van der Waals surface area (Å²) in [5.41, 5.74) is 0.854. The summed E-state index contributed by atoms with van der Waals surface area (Å²) < 4.78 is 1.72. The number of rotatable bonds is 3. The number of fused-ring (bicyclic) bond motifs is 1. The lowest BCUT2D eigenvalue weighted by Crippen LogP contribution is -2.00. The lowest BCUT2D eigenvalue weighted by atomic mass is 10.3. The summed E-state index contributed by atoms with van der Waals surface area (Å²) in [7, 11) is 0. The van der Waals surface area contributed by atoms with Gasteiger partial charge in [0.15, 0.2) is 5.82 Å². The molecule has 0 bridgehead atoms. The third kappa shape index (κ3) is 1.81. The van der Waals surface area contributed by atoms with Gasteiger partial charge in [0, 0.05) is 4.88 Å². The number of aliphatic carboxylic acids is 1. The van der Waals surface area contributed by atoms with E-state index in [4.69, 9.17) is 5.11 Å². The van der Waals surface area contributed by atoms with Gasteiger partial charge in [0.25, 0.3) is 0 Å². The van der Waals surface area contributed by atoms with Crippen LogP contribution >= 0.6 is 22.7 Å². The number of carboxylic acid groups (broad SMARTS) is 1. The standard InChI is InChI=1S/C11H9N3O2S2/c1-6-8(5-9(15)16)18-11-12-10(13-14(6)11)7-3-2-4-17-7/h2-4H,5H2,1H3,(H,15,16). The van der Waals surface area contributed by atoms with Crippen molar-refractivity contribution in [1.82, 2.24) is 14.6 Å². The van der Waals surface area contributed by atoms with Crippen LogP contribution in [0.1, 0.15) is 10.6 Å². The lowest BCUT2D eigenvalue weighted by Gasteiger charge is -1.93. The van der Waals surface area contributed by atoms with E-state index in [0.29, 0.717) is 5.82 Å². The minimum Gasteiger partial charge on any atom is -0.481 e. The Labute approximate surface area is 110 Å². The van der Waals surface area contributed by atoms with Crippen LogP contribution in [0.2, 0.25) is 0 Å². The van der Waals surface area contributed by atoms with Crippen molar-refractivity contribution in [3.63, 3.8) is 0 Å². The van der Waals surface area contributed by atoms with E-state index in [2.05, 4.69) is 10.1 Å². The van der Waals surface area contributed by atoms with Crippen LogP contribution in [-0.2, 0) is 11.2 Å². The molecule has 0 fully saturated rings. The van der Waals surface area contributed by atoms with Gasteiger partial charge in [0.05, 0.1) is 17.0 Å². The first-order valence-corrected chi connectivity index (χ1v) is 6.95. The number of aromatic nitrogens is 3. The van der Waals surface area contributed by atoms with Gasteiger partial charge in [-0.05, 0) is 18.4 Å². The summed E-state index contributed by atoms with van der Waals surface area (Å²) >= 11 is 2.97. The minimum absolute atomic E-state index is 0.0237. The monoisotopic (exact) mass is 279 g/mol. The van der Waals surface area contributed by atoms with Crippen LogP contribution in [0.25, 0.3) is 15.7 Å². The maximum absolute atomic E-state index is 10.7. The number of carboxylic acids is 1. The molecule has 0 amide bonds. The molecule has 0 saturated heterocycles. The van der Waals surface area contributed by atoms with E-state index in [9.17, 15) is 4.79 Å². The van der Waals surface area contributed by atoms with E-state index >= 15 is 0 Å². The molecule has 18 heavy (non-hydrogen) atoms. The maximum Gasteiger partial charge on any atom is 0.308 e. The largest absolute Gasteiger partial charge is 0.481 e. The van der Waals surface area contributed by atoms with Crippen molar-refractivity contribution in [1.29, 1.82) is 0 Å². The number of hydrogen-bond donors (Lipinski definition) is 1. The molecule has 92 valence electrons. The molecular formula is C11H9N3O2S2. The number of hydrogen-bond acceptors (Lipinski definition) is 5. The van der Waals surface area contributed by atoms with Gasteiger partial charge < -0.3 is 5.11 Å². The molecule has 0 radical (unpaired) electrons. The summed E-state index contributed by atoms with van der Waals surface area (Å²) in [4.78, 5) is 17.7. The maximum atomic E-state index is 10.7. The molecule has 0 atom stereocenters. The van der Waals surface area contributed by atoms with Gasteiger partial charge in [-0.15, -0.1) is 16.4 Å². The molecule has 0 aliphatic carbocycles. The highest BCUT2D eigenvalue weighted by Gasteiger charge is 2.16. The zero-order valence-corrected chi connectivity index (χ0v) is 11.1. The molecule has 0 saturated carbocycles. The topological polar surface area (TPSA) is 67.5 Å². The number of aryl methyl sites for hydroxylation is 1. The Morgan fingerprint density at radius 2 is 2.39 bits per heavy atom. The van der Waals surface area contributed by atoms with Gasteiger partial charge in [-0.1, -0.05) is 17.4 Å². The Balaban J connectivity index is 2.07. The first-order valence-electron chi connectivity index (χ1n) is 5.26. The summed E-state index contributed by atoms with van der Waals surface area (Å²) in [6.45, 7) is 1.87. The third-order valence-corrected chi connectivity index (χ3v) is 4.57. The first kappa shape index (κ1) is 11.4. The lowest BCUT2D eigenvalue weighted by molar-refractivity contribution is -0.136. The molecule has 3 aromatic rings. The van der Waals surface area contributed by atoms with E-state index in [0.717, 1.165) is 20.4 Å². The van der Waals surface area contributed by atoms with Crippen molar-refractivity contribution in [2.24, 2.45) is 0 Å². The molecule has 3 heterocycles. The normalized spacial score (nSPS) is 11.2. The Morgan fingerprint density at radius 1 is 1.56 bits per heavy atom. The van der Waals surface area contributed by atoms with E-state index in [1.807, 2.05) is 24.4 Å². The SMILES string of the molecule is Cc1c(CC(=O)O)sc2nc(-c3cccs3)nn12. The van der Waals surface area contributed by atoms with Crippen LogP contribution < -0.4 is 0 Å². The van der Waals surface area contributed by atoms with Gasteiger partial charge in [-0.3, -0.25) is 4.79 Å². The molecule has 7 heteroatoms. The van der Waals surface area contributed by atoms with Crippen molar-refractivity contribution in [2.45, 2.75) is 13.3 Å². The van der Waals surface area contributed by atoms with Crippen LogP contribution in [-0.4, -0.2) is 25.7 Å². The number of carbonyl (C=O) groups is 1. The molecule has 1 N–H and O–H groups in total. The minimum atomic E-state index is -0.832. The van der Waals surface area contributed by atoms with E-state index < -0.39 is 5.97 Å². The van der Waals surface area contributed by atoms with Gasteiger partial charge in [-0.25, -0.2) is 4.52 Å². The zero-order chi connectivity index (χ0) is 12.7. The molecule has 0 aromatic carbocycles. The second-order valence-corrected chi connectivity index (χ2v) is 5.80. The van der Waals surface area contributed by atoms with Crippen LogP contribution in [0.5, 0.6) is 0 Å². The highest BCUT2D eigenvalue weighted by Crippen LogP contribution is 2.27. The average molecular weight is 279 g/mol. The molecule has 0 unspecified atom stereocenters. The van der Waals surface area contributed by atoms with Crippen molar-refractivity contribution >= 4 is 33.6 Å². The fraction of sp³-hybridized carbons (Fsp3) is 0.182. The Morgan fingerprint density at radius 3 is 3.00 bits per heavy atom. The smallest absolute Gasteiger partial charge is 0.308 e. The fourth-order valence-corrected chi connectivity index (χ4v) is 3.40. The van der Waals surface area contributed by atoms with Crippen LogP contribution in [0.3, 0.4) is 0 Å². The summed E-state index contributed by atoms with van der Waals surface area (Å²) in [6, 6.07) is 3.93. The molecular weight excluding hydrogens is 270 g/mol. The molecule has 5 nitrogen and oxygen atoms in total. The highest BCUT2D eigenvalue weighted by atomic mass is 32.1. The van der Waals surface area contributed by atoms with Gasteiger partial charge in [-0.2, -0.15) is 4.98 Å². The predicted octanol–water partition coefficient (Wildman–Crippen LogP) is 2.45. The van der Waals surface area contributed by atoms with Crippen molar-refractivity contribution < 1.29 is 9.90 Å². The van der Waals surface area contributed by atoms with Gasteiger partial charge >= 0.3 is 5.97 Å². The number of nitrogens with zero attached hydrogens (tertiary/aromatic N) is 3. The second kappa shape index (κ2) is 4.18. The van der Waals surface area contributed by atoms with Crippen molar-refractivity contribution in [3.05, 3.63) is 28.1 Å². The van der Waals surface area contributed by atoms with Gasteiger partial charge in [0.1, 0.15) is 0 Å². The quantitative estimate of drug-likeness (QED) is 0.799. The highest BCUT2D eigenvalue weighted by molar-refractivity contribution is 7.17. The molecule has 0 spiro atoms. The molecule has 3 rings (SSSR count). The van der Waals surface area contributed by atoms with E-state index in [1.165, 1.54) is 11.3 Å². The average Bonchev–Trinajstić information content (AvgIpc) is 2.97. The summed E-state index contributed by atoms with van der Waals surface area (Å²) in [5.74, 6) is -0.137. The Bertz CT molecular complexity index is 712. The van der Waals surface area contributed by atoms with E-state index in [1.54, 1.807) is 15.9 Å². The first-order chi connectivity index (χ1) is 8.65. The second-order valence-electron chi connectivity index (χ2n) is 3.79. The van der Waals surface area contributed by atoms with E-state index in [-0.39, 0.29) is 6.42 Å². The van der Waals surface area contributed by atoms with Crippen molar-refractivity contribution in [2.75, 3.05) is 0 Å². The Kier molecular flexibility index (Phi) is 2.64. The molecule has 0 aliphatic heterocycles. The van der Waals surface area contributed by atoms with Crippen LogP contribution in [0.15, 0.2) is 17.5 Å². The molecule has 0 aliphatic rings. The predicted molar refractivity (Wildman–Crippen MR) is 70.3 cm³/mol.